The summed E-state index contributed by atoms with van der Waals surface area (Å²) >= 11 is 5.93. The molecule has 0 amide bonds. The lowest BCUT2D eigenvalue weighted by molar-refractivity contribution is -0.142. The maximum Gasteiger partial charge on any atom is 0.307 e. The van der Waals surface area contributed by atoms with Crippen molar-refractivity contribution in [1.29, 1.82) is 0 Å². The van der Waals surface area contributed by atoms with Crippen LogP contribution in [0.3, 0.4) is 0 Å². The molecule has 1 aromatic rings. The van der Waals surface area contributed by atoms with Crippen LogP contribution in [0.2, 0.25) is 5.02 Å². The monoisotopic (exact) mass is 327 g/mol. The quantitative estimate of drug-likeness (QED) is 0.859. The topological polar surface area (TPSA) is 74.7 Å². The first kappa shape index (κ1) is 15.8. The molecule has 1 aromatic carbocycles. The summed E-state index contributed by atoms with van der Waals surface area (Å²) in [7, 11) is -3.76. The Labute approximate surface area is 128 Å². The summed E-state index contributed by atoms with van der Waals surface area (Å²) < 4.78 is 26.3. The van der Waals surface area contributed by atoms with Gasteiger partial charge in [0.15, 0.2) is 0 Å². The summed E-state index contributed by atoms with van der Waals surface area (Å²) in [6, 6.07) is 4.16. The number of carbonyl (C=O) groups is 1. The molecule has 1 aliphatic rings. The number of benzene rings is 1. The molecule has 0 bridgehead atoms. The standard InChI is InChI=1S/C14H14ClNO4S/c1-2-10-5-6-12(8-13(10)15)21(19,20)16-7-3-4-11(9-16)14(17)18/h1,5-6,8,11H,3-4,7,9H2,(H,17,18). The molecule has 0 spiro atoms. The minimum Gasteiger partial charge on any atom is -0.481 e. The lowest BCUT2D eigenvalue weighted by Crippen LogP contribution is -2.42. The molecule has 1 unspecified atom stereocenters. The van der Waals surface area contributed by atoms with Crippen molar-refractivity contribution in [3.8, 4) is 12.3 Å². The van der Waals surface area contributed by atoms with Gasteiger partial charge >= 0.3 is 5.97 Å². The molecule has 5 nitrogen and oxygen atoms in total. The first-order valence-electron chi connectivity index (χ1n) is 6.35. The third kappa shape index (κ3) is 3.21. The van der Waals surface area contributed by atoms with E-state index in [-0.39, 0.29) is 16.5 Å². The van der Waals surface area contributed by atoms with Gasteiger partial charge in [-0.15, -0.1) is 6.42 Å². The van der Waals surface area contributed by atoms with E-state index in [1.54, 1.807) is 0 Å². The van der Waals surface area contributed by atoms with Crippen LogP contribution in [0, 0.1) is 18.3 Å². The fourth-order valence-corrected chi connectivity index (χ4v) is 4.14. The van der Waals surface area contributed by atoms with Crippen LogP contribution in [0.15, 0.2) is 23.1 Å². The molecule has 1 heterocycles. The van der Waals surface area contributed by atoms with Crippen molar-refractivity contribution < 1.29 is 18.3 Å². The van der Waals surface area contributed by atoms with Gasteiger partial charge in [-0.1, -0.05) is 17.5 Å². The van der Waals surface area contributed by atoms with Crippen molar-refractivity contribution in [2.75, 3.05) is 13.1 Å². The van der Waals surface area contributed by atoms with E-state index >= 15 is 0 Å². The average molecular weight is 328 g/mol. The Balaban J connectivity index is 2.32. The molecule has 1 fully saturated rings. The molecule has 0 radical (unpaired) electrons. The van der Waals surface area contributed by atoms with Gasteiger partial charge in [0.1, 0.15) is 0 Å². The maximum absolute atomic E-state index is 12.5. The highest BCUT2D eigenvalue weighted by atomic mass is 35.5. The summed E-state index contributed by atoms with van der Waals surface area (Å²) in [5, 5.41) is 9.23. The van der Waals surface area contributed by atoms with Crippen LogP contribution in [-0.4, -0.2) is 36.9 Å². The van der Waals surface area contributed by atoms with Crippen LogP contribution in [0.5, 0.6) is 0 Å². The van der Waals surface area contributed by atoms with Crippen LogP contribution in [0.4, 0.5) is 0 Å². The Morgan fingerprint density at radius 3 is 2.76 bits per heavy atom. The molecule has 1 saturated heterocycles. The summed E-state index contributed by atoms with van der Waals surface area (Å²) in [6.45, 7) is 0.285. The smallest absolute Gasteiger partial charge is 0.307 e. The fraction of sp³-hybridized carbons (Fsp3) is 0.357. The van der Waals surface area contributed by atoms with Gasteiger partial charge in [0.05, 0.1) is 15.8 Å². The molecule has 1 atom stereocenters. The second-order valence-corrected chi connectivity index (χ2v) is 7.17. The Kier molecular flexibility index (Phi) is 4.57. The van der Waals surface area contributed by atoms with Crippen molar-refractivity contribution in [2.24, 2.45) is 5.92 Å². The Morgan fingerprint density at radius 2 is 2.19 bits per heavy atom. The van der Waals surface area contributed by atoms with Gasteiger partial charge in [-0.05, 0) is 31.0 Å². The lowest BCUT2D eigenvalue weighted by Gasteiger charge is -2.29. The zero-order valence-corrected chi connectivity index (χ0v) is 12.7. The molecule has 1 N–H and O–H groups in total. The van der Waals surface area contributed by atoms with Crippen molar-refractivity contribution in [2.45, 2.75) is 17.7 Å². The number of hydrogen-bond donors (Lipinski definition) is 1. The summed E-state index contributed by atoms with van der Waals surface area (Å²) in [4.78, 5) is 11.1. The van der Waals surface area contributed by atoms with Gasteiger partial charge in [-0.2, -0.15) is 4.31 Å². The van der Waals surface area contributed by atoms with Gasteiger partial charge in [-0.25, -0.2) is 8.42 Å². The third-order valence-electron chi connectivity index (χ3n) is 3.47. The molecular formula is C14H14ClNO4S. The first-order valence-corrected chi connectivity index (χ1v) is 8.17. The number of nitrogens with zero attached hydrogens (tertiary/aromatic N) is 1. The number of halogens is 1. The second kappa shape index (κ2) is 6.06. The van der Waals surface area contributed by atoms with Crippen LogP contribution < -0.4 is 0 Å². The Morgan fingerprint density at radius 1 is 1.48 bits per heavy atom. The van der Waals surface area contributed by atoms with E-state index in [1.807, 2.05) is 0 Å². The van der Waals surface area contributed by atoms with Gasteiger partial charge in [0, 0.05) is 18.7 Å². The van der Waals surface area contributed by atoms with Crippen molar-refractivity contribution in [3.63, 3.8) is 0 Å². The van der Waals surface area contributed by atoms with Crippen LogP contribution >= 0.6 is 11.6 Å². The number of aliphatic carboxylic acids is 1. The highest BCUT2D eigenvalue weighted by Gasteiger charge is 2.33. The van der Waals surface area contributed by atoms with E-state index in [4.69, 9.17) is 23.1 Å². The van der Waals surface area contributed by atoms with Crippen molar-refractivity contribution in [3.05, 3.63) is 28.8 Å². The minimum absolute atomic E-state index is 0.0217. The highest BCUT2D eigenvalue weighted by Crippen LogP contribution is 2.26. The first-order chi connectivity index (χ1) is 9.86. The van der Waals surface area contributed by atoms with Crippen molar-refractivity contribution >= 4 is 27.6 Å². The van der Waals surface area contributed by atoms with Gasteiger partial charge in [0.2, 0.25) is 10.0 Å². The zero-order chi connectivity index (χ0) is 15.6. The Hall–Kier alpha value is -1.55. The molecule has 1 aliphatic heterocycles. The molecule has 0 aromatic heterocycles. The van der Waals surface area contributed by atoms with E-state index in [2.05, 4.69) is 5.92 Å². The van der Waals surface area contributed by atoms with E-state index < -0.39 is 21.9 Å². The zero-order valence-electron chi connectivity index (χ0n) is 11.1. The van der Waals surface area contributed by atoms with Gasteiger partial charge in [-0.3, -0.25) is 4.79 Å². The molecule has 0 aliphatic carbocycles. The Bertz CT molecular complexity index is 708. The summed E-state index contributed by atoms with van der Waals surface area (Å²) in [5.41, 5.74) is 0.415. The molecule has 21 heavy (non-hydrogen) atoms. The predicted molar refractivity (Wildman–Crippen MR) is 78.5 cm³/mol. The van der Waals surface area contributed by atoms with E-state index in [0.29, 0.717) is 24.9 Å². The van der Waals surface area contributed by atoms with Crippen LogP contribution in [0.1, 0.15) is 18.4 Å². The average Bonchev–Trinajstić information content (AvgIpc) is 2.47. The fourth-order valence-electron chi connectivity index (χ4n) is 2.28. The number of hydrogen-bond acceptors (Lipinski definition) is 3. The van der Waals surface area contributed by atoms with E-state index in [9.17, 15) is 13.2 Å². The SMILES string of the molecule is C#Cc1ccc(S(=O)(=O)N2CCCC(C(=O)O)C2)cc1Cl. The minimum atomic E-state index is -3.76. The van der Waals surface area contributed by atoms with E-state index in [1.165, 1.54) is 22.5 Å². The lowest BCUT2D eigenvalue weighted by atomic mass is 10.0. The number of rotatable bonds is 3. The normalized spacial score (nSPS) is 19.9. The van der Waals surface area contributed by atoms with E-state index in [0.717, 1.165) is 0 Å². The number of terminal acetylenes is 1. The molecule has 112 valence electrons. The molecule has 2 rings (SSSR count). The number of piperidine rings is 1. The number of sulfonamides is 1. The third-order valence-corrected chi connectivity index (χ3v) is 5.64. The van der Waals surface area contributed by atoms with Crippen LogP contribution in [0.25, 0.3) is 0 Å². The molecular weight excluding hydrogens is 314 g/mol. The predicted octanol–water partition coefficient (Wildman–Crippen LogP) is 1.81. The summed E-state index contributed by atoms with van der Waals surface area (Å²) in [6.07, 6.45) is 6.25. The second-order valence-electron chi connectivity index (χ2n) is 4.83. The summed E-state index contributed by atoms with van der Waals surface area (Å²) in [5.74, 6) is 0.709. The van der Waals surface area contributed by atoms with Gasteiger partial charge < -0.3 is 5.11 Å². The molecule has 0 saturated carbocycles. The number of carboxylic acids is 1. The van der Waals surface area contributed by atoms with Crippen LogP contribution in [-0.2, 0) is 14.8 Å². The maximum atomic E-state index is 12.5. The van der Waals surface area contributed by atoms with Crippen molar-refractivity contribution in [1.82, 2.24) is 4.31 Å². The highest BCUT2D eigenvalue weighted by molar-refractivity contribution is 7.89. The van der Waals surface area contributed by atoms with Gasteiger partial charge in [0.25, 0.3) is 0 Å². The largest absolute Gasteiger partial charge is 0.481 e. The number of carboxylic acid groups (broad SMARTS) is 1. The molecule has 7 heteroatoms.